The fourth-order valence-corrected chi connectivity index (χ4v) is 3.54. The highest BCUT2D eigenvalue weighted by molar-refractivity contribution is 9.10. The second kappa shape index (κ2) is 4.37. The summed E-state index contributed by atoms with van der Waals surface area (Å²) in [6.45, 7) is 0. The van der Waals surface area contributed by atoms with Crippen molar-refractivity contribution in [3.8, 4) is 0 Å². The Morgan fingerprint density at radius 3 is 2.07 bits per heavy atom. The van der Waals surface area contributed by atoms with E-state index in [-0.39, 0.29) is 14.9 Å². The van der Waals surface area contributed by atoms with Crippen molar-refractivity contribution in [1.82, 2.24) is 4.72 Å². The predicted molar refractivity (Wildman–Crippen MR) is 60.4 cm³/mol. The third-order valence-electron chi connectivity index (χ3n) is 1.50. The Labute approximate surface area is 101 Å². The van der Waals surface area contributed by atoms with Gasteiger partial charge in [0.2, 0.25) is 10.0 Å². The van der Waals surface area contributed by atoms with Crippen LogP contribution in [0.3, 0.4) is 0 Å². The highest BCUT2D eigenvalue weighted by atomic mass is 79.9. The van der Waals surface area contributed by atoms with Crippen LogP contribution in [0.4, 0.5) is 0 Å². The summed E-state index contributed by atoms with van der Waals surface area (Å²) in [4.78, 5) is -0.105. The van der Waals surface area contributed by atoms with Crippen molar-refractivity contribution in [3.63, 3.8) is 0 Å². The van der Waals surface area contributed by atoms with Gasteiger partial charge in [0.05, 0.1) is 10.0 Å². The number of benzene rings is 1. The van der Waals surface area contributed by atoms with Gasteiger partial charge in [-0.15, -0.1) is 0 Å². The first-order valence-corrected chi connectivity index (χ1v) is 6.50. The first kappa shape index (κ1) is 12.3. The summed E-state index contributed by atoms with van der Waals surface area (Å²) < 4.78 is 25.7. The van der Waals surface area contributed by atoms with Gasteiger partial charge in [-0.1, -0.05) is 39.1 Å². The third-order valence-corrected chi connectivity index (χ3v) is 4.29. The zero-order valence-corrected chi connectivity index (χ0v) is 10.9. The maximum Gasteiger partial charge on any atom is 0.243 e. The standard InChI is InChI=1S/C7H6BrCl2NO2S/c1-11-14(12,13)7-5(9)2-4(8)3-6(7)10/h2-3,11H,1H3. The van der Waals surface area contributed by atoms with E-state index in [1.54, 1.807) is 0 Å². The summed E-state index contributed by atoms with van der Waals surface area (Å²) in [7, 11) is -2.32. The van der Waals surface area contributed by atoms with Gasteiger partial charge in [0.1, 0.15) is 4.90 Å². The van der Waals surface area contributed by atoms with E-state index in [0.29, 0.717) is 4.47 Å². The van der Waals surface area contributed by atoms with Crippen molar-refractivity contribution in [2.45, 2.75) is 4.90 Å². The van der Waals surface area contributed by atoms with Crippen LogP contribution in [0.2, 0.25) is 10.0 Å². The van der Waals surface area contributed by atoms with Crippen LogP contribution in [0, 0.1) is 0 Å². The summed E-state index contributed by atoms with van der Waals surface area (Å²) >= 11 is 14.7. The number of nitrogens with one attached hydrogen (secondary N) is 1. The molecule has 0 saturated heterocycles. The molecule has 0 saturated carbocycles. The quantitative estimate of drug-likeness (QED) is 0.911. The lowest BCUT2D eigenvalue weighted by molar-refractivity contribution is 0.588. The lowest BCUT2D eigenvalue weighted by Crippen LogP contribution is -2.19. The molecule has 0 fully saturated rings. The largest absolute Gasteiger partial charge is 0.243 e. The zero-order chi connectivity index (χ0) is 10.9. The lowest BCUT2D eigenvalue weighted by atomic mass is 10.4. The first-order valence-electron chi connectivity index (χ1n) is 3.46. The van der Waals surface area contributed by atoms with Crippen LogP contribution in [0.25, 0.3) is 0 Å². The molecule has 0 amide bonds. The Bertz CT molecular complexity index is 438. The summed E-state index contributed by atoms with van der Waals surface area (Å²) in [5.74, 6) is 0. The van der Waals surface area contributed by atoms with Crippen molar-refractivity contribution in [2.24, 2.45) is 0 Å². The average Bonchev–Trinajstić information content (AvgIpc) is 2.01. The molecule has 1 N–H and O–H groups in total. The normalized spacial score (nSPS) is 11.7. The highest BCUT2D eigenvalue weighted by Crippen LogP contribution is 2.32. The second-order valence-electron chi connectivity index (χ2n) is 2.41. The SMILES string of the molecule is CNS(=O)(=O)c1c(Cl)cc(Br)cc1Cl. The highest BCUT2D eigenvalue weighted by Gasteiger charge is 2.20. The second-order valence-corrected chi connectivity index (χ2v) is 5.96. The van der Waals surface area contributed by atoms with Crippen molar-refractivity contribution in [2.75, 3.05) is 7.05 Å². The zero-order valence-electron chi connectivity index (χ0n) is 7.01. The first-order chi connectivity index (χ1) is 6.38. The fraction of sp³-hybridized carbons (Fsp3) is 0.143. The van der Waals surface area contributed by atoms with E-state index in [1.807, 2.05) is 0 Å². The summed E-state index contributed by atoms with van der Waals surface area (Å²) in [6.07, 6.45) is 0. The molecule has 78 valence electrons. The Balaban J connectivity index is 3.51. The van der Waals surface area contributed by atoms with Gasteiger partial charge in [-0.25, -0.2) is 13.1 Å². The Hall–Kier alpha value is 0.190. The van der Waals surface area contributed by atoms with Crippen LogP contribution < -0.4 is 4.72 Å². The van der Waals surface area contributed by atoms with Crippen LogP contribution in [-0.2, 0) is 10.0 Å². The maximum atomic E-state index is 11.5. The average molecular weight is 319 g/mol. The van der Waals surface area contributed by atoms with E-state index in [1.165, 1.54) is 19.2 Å². The molecule has 1 rings (SSSR count). The molecule has 0 radical (unpaired) electrons. The minimum atomic E-state index is -3.61. The van der Waals surface area contributed by atoms with E-state index in [4.69, 9.17) is 23.2 Å². The van der Waals surface area contributed by atoms with Gasteiger partial charge in [0, 0.05) is 4.47 Å². The van der Waals surface area contributed by atoms with Gasteiger partial charge in [-0.3, -0.25) is 0 Å². The van der Waals surface area contributed by atoms with Gasteiger partial charge >= 0.3 is 0 Å². The van der Waals surface area contributed by atoms with Crippen LogP contribution >= 0.6 is 39.1 Å². The summed E-state index contributed by atoms with van der Waals surface area (Å²) in [5.41, 5.74) is 0. The van der Waals surface area contributed by atoms with Crippen molar-refractivity contribution < 1.29 is 8.42 Å². The van der Waals surface area contributed by atoms with Gasteiger partial charge in [0.15, 0.2) is 0 Å². The number of sulfonamides is 1. The number of hydrogen-bond donors (Lipinski definition) is 1. The van der Waals surface area contributed by atoms with E-state index >= 15 is 0 Å². The molecular weight excluding hydrogens is 313 g/mol. The molecule has 14 heavy (non-hydrogen) atoms. The minimum Gasteiger partial charge on any atom is -0.214 e. The lowest BCUT2D eigenvalue weighted by Gasteiger charge is -2.07. The monoisotopic (exact) mass is 317 g/mol. The smallest absolute Gasteiger partial charge is 0.214 e. The molecule has 1 aromatic rings. The van der Waals surface area contributed by atoms with Crippen LogP contribution in [0.1, 0.15) is 0 Å². The number of hydrogen-bond acceptors (Lipinski definition) is 2. The van der Waals surface area contributed by atoms with E-state index in [9.17, 15) is 8.42 Å². The molecule has 0 aliphatic carbocycles. The topological polar surface area (TPSA) is 46.2 Å². The third kappa shape index (κ3) is 2.41. The fourth-order valence-electron chi connectivity index (χ4n) is 0.888. The van der Waals surface area contributed by atoms with Gasteiger partial charge in [-0.2, -0.15) is 0 Å². The molecule has 0 aliphatic heterocycles. The Morgan fingerprint density at radius 2 is 1.71 bits per heavy atom. The van der Waals surface area contributed by atoms with E-state index < -0.39 is 10.0 Å². The summed E-state index contributed by atoms with van der Waals surface area (Å²) in [5, 5.41) is 0.164. The Kier molecular flexibility index (Phi) is 3.82. The molecule has 0 aromatic heterocycles. The summed E-state index contributed by atoms with van der Waals surface area (Å²) in [6, 6.07) is 2.94. The Morgan fingerprint density at radius 1 is 1.29 bits per heavy atom. The molecule has 0 spiro atoms. The minimum absolute atomic E-state index is 0.0822. The predicted octanol–water partition coefficient (Wildman–Crippen LogP) is 2.66. The van der Waals surface area contributed by atoms with Gasteiger partial charge in [-0.05, 0) is 19.2 Å². The number of halogens is 3. The number of rotatable bonds is 2. The van der Waals surface area contributed by atoms with Crippen LogP contribution in [0.15, 0.2) is 21.5 Å². The van der Waals surface area contributed by atoms with Crippen molar-refractivity contribution >= 4 is 49.2 Å². The van der Waals surface area contributed by atoms with Gasteiger partial charge < -0.3 is 0 Å². The van der Waals surface area contributed by atoms with Crippen LogP contribution in [0.5, 0.6) is 0 Å². The molecule has 0 atom stereocenters. The molecule has 0 aliphatic rings. The molecule has 0 bridgehead atoms. The van der Waals surface area contributed by atoms with Crippen molar-refractivity contribution in [1.29, 1.82) is 0 Å². The van der Waals surface area contributed by atoms with E-state index in [0.717, 1.165) is 0 Å². The van der Waals surface area contributed by atoms with E-state index in [2.05, 4.69) is 20.7 Å². The molecular formula is C7H6BrCl2NO2S. The molecule has 0 unspecified atom stereocenters. The van der Waals surface area contributed by atoms with Gasteiger partial charge in [0.25, 0.3) is 0 Å². The van der Waals surface area contributed by atoms with Crippen molar-refractivity contribution in [3.05, 3.63) is 26.7 Å². The van der Waals surface area contributed by atoms with Crippen LogP contribution in [-0.4, -0.2) is 15.5 Å². The molecule has 7 heteroatoms. The molecule has 1 aromatic carbocycles. The molecule has 3 nitrogen and oxygen atoms in total. The maximum absolute atomic E-state index is 11.5. The molecule has 0 heterocycles.